The van der Waals surface area contributed by atoms with Crippen molar-refractivity contribution in [1.29, 1.82) is 0 Å². The predicted molar refractivity (Wildman–Crippen MR) is 109 cm³/mol. The molecule has 1 aromatic heterocycles. The predicted octanol–water partition coefficient (Wildman–Crippen LogP) is 2.81. The largest absolute Gasteiger partial charge is 0.485 e. The minimum absolute atomic E-state index is 0.0273. The van der Waals surface area contributed by atoms with Crippen LogP contribution >= 0.6 is 0 Å². The van der Waals surface area contributed by atoms with Crippen molar-refractivity contribution < 1.29 is 23.8 Å². The Hall–Kier alpha value is -3.81. The molecule has 8 nitrogen and oxygen atoms in total. The quantitative estimate of drug-likeness (QED) is 0.654. The lowest BCUT2D eigenvalue weighted by Gasteiger charge is -2.24. The van der Waals surface area contributed by atoms with E-state index in [-0.39, 0.29) is 6.61 Å². The maximum absolute atomic E-state index is 12.4. The molecule has 0 saturated heterocycles. The number of hydrogen-bond donors (Lipinski definition) is 1. The van der Waals surface area contributed by atoms with Gasteiger partial charge in [-0.15, -0.1) is 0 Å². The zero-order valence-corrected chi connectivity index (χ0v) is 16.6. The van der Waals surface area contributed by atoms with Crippen molar-refractivity contribution in [2.24, 2.45) is 0 Å². The van der Waals surface area contributed by atoms with Crippen LogP contribution < -0.4 is 14.8 Å². The first-order chi connectivity index (χ1) is 14.5. The molecule has 2 aromatic carbocycles. The number of benzene rings is 2. The van der Waals surface area contributed by atoms with E-state index in [4.69, 9.17) is 14.2 Å². The number of carbonyl (C=O) groups is 2. The SMILES string of the molecule is Cc1nn(-c2ccccc2)c(C)c1NC(=O)COC(=O)[C@@H]1COc2ccccc2O1. The van der Waals surface area contributed by atoms with E-state index in [0.717, 1.165) is 11.4 Å². The number of hydrogen-bond acceptors (Lipinski definition) is 6. The molecular weight excluding hydrogens is 386 g/mol. The van der Waals surface area contributed by atoms with Crippen LogP contribution in [-0.4, -0.2) is 41.0 Å². The molecule has 1 atom stereocenters. The monoisotopic (exact) mass is 407 g/mol. The minimum atomic E-state index is -0.919. The number of aromatic nitrogens is 2. The molecule has 0 spiro atoms. The van der Waals surface area contributed by atoms with Crippen LogP contribution in [-0.2, 0) is 14.3 Å². The fraction of sp³-hybridized carbons (Fsp3) is 0.227. The molecule has 4 rings (SSSR count). The van der Waals surface area contributed by atoms with Crippen LogP contribution in [0.15, 0.2) is 54.6 Å². The molecule has 2 heterocycles. The van der Waals surface area contributed by atoms with Gasteiger partial charge in [0, 0.05) is 0 Å². The number of carbonyl (C=O) groups excluding carboxylic acids is 2. The van der Waals surface area contributed by atoms with Crippen molar-refractivity contribution in [3.8, 4) is 17.2 Å². The molecule has 1 amide bonds. The van der Waals surface area contributed by atoms with Gasteiger partial charge in [-0.05, 0) is 38.1 Å². The summed E-state index contributed by atoms with van der Waals surface area (Å²) in [6.45, 7) is 3.26. The molecular formula is C22H21N3O5. The lowest BCUT2D eigenvalue weighted by atomic mass is 10.2. The zero-order chi connectivity index (χ0) is 21.1. The number of fused-ring (bicyclic) bond motifs is 1. The molecule has 1 aliphatic heterocycles. The third-order valence-electron chi connectivity index (χ3n) is 4.67. The van der Waals surface area contributed by atoms with Gasteiger partial charge in [-0.3, -0.25) is 4.79 Å². The molecule has 8 heteroatoms. The van der Waals surface area contributed by atoms with Crippen LogP contribution in [0.25, 0.3) is 5.69 Å². The van der Waals surface area contributed by atoms with Crippen molar-refractivity contribution in [2.45, 2.75) is 20.0 Å². The van der Waals surface area contributed by atoms with Crippen molar-refractivity contribution in [3.05, 3.63) is 66.0 Å². The molecule has 0 bridgehead atoms. The smallest absolute Gasteiger partial charge is 0.351 e. The average molecular weight is 407 g/mol. The summed E-state index contributed by atoms with van der Waals surface area (Å²) < 4.78 is 18.0. The summed E-state index contributed by atoms with van der Waals surface area (Å²) in [5.41, 5.74) is 2.92. The Morgan fingerprint density at radius 2 is 1.80 bits per heavy atom. The van der Waals surface area contributed by atoms with Gasteiger partial charge in [-0.1, -0.05) is 30.3 Å². The van der Waals surface area contributed by atoms with Gasteiger partial charge in [0.15, 0.2) is 18.1 Å². The van der Waals surface area contributed by atoms with E-state index in [1.807, 2.05) is 43.3 Å². The van der Waals surface area contributed by atoms with Crippen molar-refractivity contribution in [2.75, 3.05) is 18.5 Å². The number of rotatable bonds is 5. The Morgan fingerprint density at radius 3 is 2.57 bits per heavy atom. The first-order valence-electron chi connectivity index (χ1n) is 9.49. The lowest BCUT2D eigenvalue weighted by molar-refractivity contribution is -0.156. The van der Waals surface area contributed by atoms with Crippen LogP contribution in [0.1, 0.15) is 11.4 Å². The fourth-order valence-electron chi connectivity index (χ4n) is 3.18. The normalized spacial score (nSPS) is 14.8. The van der Waals surface area contributed by atoms with Crippen LogP contribution in [0.2, 0.25) is 0 Å². The van der Waals surface area contributed by atoms with E-state index in [2.05, 4.69) is 10.4 Å². The topological polar surface area (TPSA) is 91.7 Å². The third-order valence-corrected chi connectivity index (χ3v) is 4.67. The standard InChI is InChI=1S/C22H21N3O5/c1-14-21(15(2)25(24-14)16-8-4-3-5-9-16)23-20(26)13-29-22(27)19-12-28-17-10-6-7-11-18(17)30-19/h3-11,19H,12-13H2,1-2H3,(H,23,26)/t19-/m0/s1. The van der Waals surface area contributed by atoms with Gasteiger partial charge in [-0.25, -0.2) is 9.48 Å². The second-order valence-electron chi connectivity index (χ2n) is 6.81. The summed E-state index contributed by atoms with van der Waals surface area (Å²) in [5, 5.41) is 7.25. The van der Waals surface area contributed by atoms with Crippen molar-refractivity contribution in [1.82, 2.24) is 9.78 Å². The van der Waals surface area contributed by atoms with Crippen LogP contribution in [0.5, 0.6) is 11.5 Å². The molecule has 0 radical (unpaired) electrons. The van der Waals surface area contributed by atoms with Gasteiger partial charge in [0.25, 0.3) is 5.91 Å². The molecule has 0 aliphatic carbocycles. The van der Waals surface area contributed by atoms with E-state index in [9.17, 15) is 9.59 Å². The summed E-state index contributed by atoms with van der Waals surface area (Å²) in [4.78, 5) is 24.6. The summed E-state index contributed by atoms with van der Waals surface area (Å²) in [5.74, 6) is -0.0808. The summed E-state index contributed by atoms with van der Waals surface area (Å²) in [6, 6.07) is 16.7. The van der Waals surface area contributed by atoms with E-state index in [0.29, 0.717) is 22.9 Å². The number of nitrogens with zero attached hydrogens (tertiary/aromatic N) is 2. The van der Waals surface area contributed by atoms with Gasteiger partial charge in [0.05, 0.1) is 22.8 Å². The van der Waals surface area contributed by atoms with E-state index in [1.165, 1.54) is 0 Å². The Morgan fingerprint density at radius 1 is 1.10 bits per heavy atom. The molecule has 3 aromatic rings. The highest BCUT2D eigenvalue weighted by molar-refractivity contribution is 5.94. The number of aryl methyl sites for hydroxylation is 1. The van der Waals surface area contributed by atoms with Crippen LogP contribution in [0, 0.1) is 13.8 Å². The summed E-state index contributed by atoms with van der Waals surface area (Å²) in [6.07, 6.45) is -0.919. The van der Waals surface area contributed by atoms with Gasteiger partial charge in [0.2, 0.25) is 6.10 Å². The lowest BCUT2D eigenvalue weighted by Crippen LogP contribution is -2.39. The Kier molecular flexibility index (Phi) is 5.38. The first-order valence-corrected chi connectivity index (χ1v) is 9.49. The van der Waals surface area contributed by atoms with Crippen molar-refractivity contribution >= 4 is 17.6 Å². The number of amides is 1. The molecule has 1 aliphatic rings. The molecule has 1 N–H and O–H groups in total. The molecule has 0 fully saturated rings. The highest BCUT2D eigenvalue weighted by Crippen LogP contribution is 2.31. The highest BCUT2D eigenvalue weighted by atomic mass is 16.6. The van der Waals surface area contributed by atoms with E-state index in [1.54, 1.807) is 29.8 Å². The second-order valence-corrected chi connectivity index (χ2v) is 6.81. The number of esters is 1. The summed E-state index contributed by atoms with van der Waals surface area (Å²) >= 11 is 0. The van der Waals surface area contributed by atoms with Crippen LogP contribution in [0.3, 0.4) is 0 Å². The molecule has 0 saturated carbocycles. The van der Waals surface area contributed by atoms with Crippen LogP contribution in [0.4, 0.5) is 5.69 Å². The number of ether oxygens (including phenoxy) is 3. The van der Waals surface area contributed by atoms with Gasteiger partial charge >= 0.3 is 5.97 Å². The van der Waals surface area contributed by atoms with Gasteiger partial charge < -0.3 is 19.5 Å². The molecule has 30 heavy (non-hydrogen) atoms. The maximum Gasteiger partial charge on any atom is 0.351 e. The summed E-state index contributed by atoms with van der Waals surface area (Å²) in [7, 11) is 0. The first kappa shape index (κ1) is 19.5. The Bertz CT molecular complexity index is 1080. The fourth-order valence-corrected chi connectivity index (χ4v) is 3.18. The van der Waals surface area contributed by atoms with Crippen molar-refractivity contribution in [3.63, 3.8) is 0 Å². The number of anilines is 1. The maximum atomic E-state index is 12.4. The minimum Gasteiger partial charge on any atom is -0.485 e. The van der Waals surface area contributed by atoms with Gasteiger partial charge in [0.1, 0.15) is 6.61 Å². The molecule has 154 valence electrons. The Labute approximate surface area is 173 Å². The molecule has 0 unspecified atom stereocenters. The number of nitrogens with one attached hydrogen (secondary N) is 1. The highest BCUT2D eigenvalue weighted by Gasteiger charge is 2.29. The average Bonchev–Trinajstić information content (AvgIpc) is 3.06. The third kappa shape index (κ3) is 3.98. The van der Waals surface area contributed by atoms with E-state index >= 15 is 0 Å². The van der Waals surface area contributed by atoms with E-state index < -0.39 is 24.6 Å². The Balaban J connectivity index is 1.36. The van der Waals surface area contributed by atoms with Gasteiger partial charge in [-0.2, -0.15) is 5.10 Å². The zero-order valence-electron chi connectivity index (χ0n) is 16.6. The second kappa shape index (κ2) is 8.28. The number of para-hydroxylation sites is 3.